The second-order valence-electron chi connectivity index (χ2n) is 5.26. The molecule has 128 valence electrons. The van der Waals surface area contributed by atoms with Gasteiger partial charge in [-0.1, -0.05) is 17.7 Å². The topological polar surface area (TPSA) is 123 Å². The van der Waals surface area contributed by atoms with Gasteiger partial charge in [-0.05, 0) is 18.2 Å². The van der Waals surface area contributed by atoms with Crippen LogP contribution < -0.4 is 16.6 Å². The largest absolute Gasteiger partial charge is 0.465 e. The van der Waals surface area contributed by atoms with Crippen molar-refractivity contribution in [1.82, 2.24) is 19.9 Å². The fourth-order valence-corrected chi connectivity index (χ4v) is 2.77. The van der Waals surface area contributed by atoms with Gasteiger partial charge in [-0.25, -0.2) is 9.78 Å². The molecule has 4 N–H and O–H groups in total. The van der Waals surface area contributed by atoms with E-state index >= 15 is 0 Å². The zero-order chi connectivity index (χ0) is 18.0. The van der Waals surface area contributed by atoms with E-state index in [-0.39, 0.29) is 28.9 Å². The number of rotatable bonds is 4. The van der Waals surface area contributed by atoms with Crippen LogP contribution in [0.25, 0.3) is 16.6 Å². The predicted molar refractivity (Wildman–Crippen MR) is 94.3 cm³/mol. The molecule has 3 rings (SSSR count). The number of nitrogens with zero attached hydrogens (tertiary/aromatic N) is 3. The van der Waals surface area contributed by atoms with Crippen molar-refractivity contribution in [1.29, 1.82) is 0 Å². The van der Waals surface area contributed by atoms with Gasteiger partial charge < -0.3 is 16.2 Å². The monoisotopic (exact) mass is 359 g/mol. The number of nitrogen functional groups attached to an aromatic ring is 1. The maximum atomic E-state index is 13.0. The normalized spacial score (nSPS) is 10.8. The molecule has 0 unspecified atom stereocenters. The van der Waals surface area contributed by atoms with Gasteiger partial charge in [0.2, 0.25) is 0 Å². The molecule has 3 aromatic rings. The zero-order valence-electron chi connectivity index (χ0n) is 12.9. The molecule has 0 aliphatic rings. The summed E-state index contributed by atoms with van der Waals surface area (Å²) in [6.45, 7) is 0.101. The third-order valence-corrected chi connectivity index (χ3v) is 3.86. The molecule has 9 heteroatoms. The number of halogens is 1. The molecular formula is C16H14ClN5O3. The van der Waals surface area contributed by atoms with Gasteiger partial charge >= 0.3 is 6.09 Å². The van der Waals surface area contributed by atoms with E-state index in [0.29, 0.717) is 22.7 Å². The molecule has 0 atom stereocenters. The second kappa shape index (κ2) is 6.78. The molecule has 2 aromatic heterocycles. The molecule has 1 amide bonds. The van der Waals surface area contributed by atoms with Crippen LogP contribution in [-0.4, -0.2) is 32.3 Å². The van der Waals surface area contributed by atoms with Crippen LogP contribution >= 0.6 is 11.6 Å². The quantitative estimate of drug-likeness (QED) is 0.653. The number of carbonyl (C=O) groups is 1. The highest BCUT2D eigenvalue weighted by molar-refractivity contribution is 6.35. The highest BCUT2D eigenvalue weighted by atomic mass is 35.5. The smallest absolute Gasteiger partial charge is 0.404 e. The average molecular weight is 360 g/mol. The third kappa shape index (κ3) is 3.38. The van der Waals surface area contributed by atoms with Gasteiger partial charge in [0.25, 0.3) is 5.56 Å². The number of hydrogen-bond donors (Lipinski definition) is 3. The number of pyridine rings is 1. The molecule has 0 bridgehead atoms. The zero-order valence-corrected chi connectivity index (χ0v) is 13.7. The number of fused-ring (bicyclic) bond motifs is 1. The van der Waals surface area contributed by atoms with Crippen molar-refractivity contribution in [2.75, 3.05) is 12.3 Å². The van der Waals surface area contributed by atoms with Gasteiger partial charge in [0.05, 0.1) is 33.5 Å². The van der Waals surface area contributed by atoms with Gasteiger partial charge in [-0.2, -0.15) is 0 Å². The molecule has 25 heavy (non-hydrogen) atoms. The Labute approximate surface area is 146 Å². The van der Waals surface area contributed by atoms with E-state index in [0.717, 1.165) is 0 Å². The Hall–Kier alpha value is -3.13. The summed E-state index contributed by atoms with van der Waals surface area (Å²) in [6, 6.07) is 6.58. The molecule has 0 aliphatic heterocycles. The molecule has 0 radical (unpaired) electrons. The lowest BCUT2D eigenvalue weighted by Gasteiger charge is -2.14. The molecule has 2 heterocycles. The van der Waals surface area contributed by atoms with Crippen LogP contribution in [0.2, 0.25) is 5.02 Å². The fraction of sp³-hybridized carbons (Fsp3) is 0.125. The highest BCUT2D eigenvalue weighted by Gasteiger charge is 2.15. The Kier molecular flexibility index (Phi) is 4.53. The summed E-state index contributed by atoms with van der Waals surface area (Å²) in [4.78, 5) is 32.2. The van der Waals surface area contributed by atoms with E-state index in [9.17, 15) is 9.59 Å². The van der Waals surface area contributed by atoms with Gasteiger partial charge in [0.15, 0.2) is 0 Å². The van der Waals surface area contributed by atoms with E-state index in [1.807, 2.05) is 0 Å². The van der Waals surface area contributed by atoms with Gasteiger partial charge in [0, 0.05) is 19.2 Å². The standard InChI is InChI=1S/C16H14ClN5O3/c17-11-2-1-3-12-14(11)15(23)22(10-6-9(18)7-19-8-10)13(21-12)4-5-20-16(24)25/h1-3,6-8,20H,4-5,18H2,(H,24,25). The first-order valence-corrected chi connectivity index (χ1v) is 7.73. The number of carboxylic acid groups (broad SMARTS) is 1. The van der Waals surface area contributed by atoms with Gasteiger partial charge in [0.1, 0.15) is 5.82 Å². The summed E-state index contributed by atoms with van der Waals surface area (Å²) >= 11 is 6.17. The highest BCUT2D eigenvalue weighted by Crippen LogP contribution is 2.20. The minimum absolute atomic E-state index is 0.101. The Balaban J connectivity index is 2.23. The number of amides is 1. The number of nitrogens with two attached hydrogens (primary N) is 1. The van der Waals surface area contributed by atoms with Gasteiger partial charge in [-0.3, -0.25) is 14.3 Å². The Bertz CT molecular complexity index is 1020. The Morgan fingerprint density at radius 1 is 1.36 bits per heavy atom. The lowest BCUT2D eigenvalue weighted by Crippen LogP contribution is -2.29. The second-order valence-corrected chi connectivity index (χ2v) is 5.67. The van der Waals surface area contributed by atoms with E-state index in [4.69, 9.17) is 22.4 Å². The number of anilines is 1. The Morgan fingerprint density at radius 2 is 2.16 bits per heavy atom. The van der Waals surface area contributed by atoms with E-state index < -0.39 is 6.09 Å². The molecule has 0 saturated carbocycles. The molecule has 1 aromatic carbocycles. The molecule has 0 spiro atoms. The first-order chi connectivity index (χ1) is 12.0. The van der Waals surface area contributed by atoms with Crippen LogP contribution in [0.15, 0.2) is 41.5 Å². The molecule has 0 saturated heterocycles. The molecular weight excluding hydrogens is 346 g/mol. The average Bonchev–Trinajstić information content (AvgIpc) is 2.54. The first kappa shape index (κ1) is 16.7. The maximum Gasteiger partial charge on any atom is 0.404 e. The minimum Gasteiger partial charge on any atom is -0.465 e. The van der Waals surface area contributed by atoms with Crippen molar-refractivity contribution in [3.8, 4) is 5.69 Å². The third-order valence-electron chi connectivity index (χ3n) is 3.54. The summed E-state index contributed by atoms with van der Waals surface area (Å²) < 4.78 is 1.35. The van der Waals surface area contributed by atoms with Crippen LogP contribution in [0, 0.1) is 0 Å². The van der Waals surface area contributed by atoms with Crippen LogP contribution in [0.1, 0.15) is 5.82 Å². The predicted octanol–water partition coefficient (Wildman–Crippen LogP) is 1.83. The summed E-state index contributed by atoms with van der Waals surface area (Å²) in [5, 5.41) is 11.6. The van der Waals surface area contributed by atoms with Crippen LogP contribution in [0.3, 0.4) is 0 Å². The van der Waals surface area contributed by atoms with Crippen molar-refractivity contribution < 1.29 is 9.90 Å². The van der Waals surface area contributed by atoms with E-state index in [1.165, 1.54) is 17.0 Å². The van der Waals surface area contributed by atoms with Crippen molar-refractivity contribution in [2.45, 2.75) is 6.42 Å². The van der Waals surface area contributed by atoms with E-state index in [1.54, 1.807) is 24.3 Å². The van der Waals surface area contributed by atoms with E-state index in [2.05, 4.69) is 15.3 Å². The van der Waals surface area contributed by atoms with Crippen LogP contribution in [0.5, 0.6) is 0 Å². The molecule has 8 nitrogen and oxygen atoms in total. The fourth-order valence-electron chi connectivity index (χ4n) is 2.52. The van der Waals surface area contributed by atoms with Crippen molar-refractivity contribution >= 4 is 34.3 Å². The SMILES string of the molecule is Nc1cncc(-n2c(CCNC(=O)O)nc3cccc(Cl)c3c2=O)c1. The number of benzene rings is 1. The summed E-state index contributed by atoms with van der Waals surface area (Å²) in [5.74, 6) is 0.376. The van der Waals surface area contributed by atoms with Crippen LogP contribution in [0.4, 0.5) is 10.5 Å². The summed E-state index contributed by atoms with van der Waals surface area (Å²) in [5.41, 5.74) is 6.66. The first-order valence-electron chi connectivity index (χ1n) is 7.35. The molecule has 0 fully saturated rings. The van der Waals surface area contributed by atoms with Gasteiger partial charge in [-0.15, -0.1) is 0 Å². The van der Waals surface area contributed by atoms with Crippen molar-refractivity contribution in [3.63, 3.8) is 0 Å². The number of hydrogen-bond acceptors (Lipinski definition) is 5. The summed E-state index contributed by atoms with van der Waals surface area (Å²) in [6.07, 6.45) is 2.00. The molecule has 0 aliphatic carbocycles. The maximum absolute atomic E-state index is 13.0. The minimum atomic E-state index is -1.15. The van der Waals surface area contributed by atoms with Crippen LogP contribution in [-0.2, 0) is 6.42 Å². The number of aromatic nitrogens is 3. The Morgan fingerprint density at radius 3 is 2.88 bits per heavy atom. The summed E-state index contributed by atoms with van der Waals surface area (Å²) in [7, 11) is 0. The lowest BCUT2D eigenvalue weighted by molar-refractivity contribution is 0.194. The lowest BCUT2D eigenvalue weighted by atomic mass is 10.2. The van der Waals surface area contributed by atoms with Crippen molar-refractivity contribution in [3.05, 3.63) is 57.9 Å². The number of nitrogens with one attached hydrogen (secondary N) is 1. The van der Waals surface area contributed by atoms with Crippen molar-refractivity contribution in [2.24, 2.45) is 0 Å².